The Bertz CT molecular complexity index is 787. The van der Waals surface area contributed by atoms with Crippen molar-refractivity contribution in [3.05, 3.63) is 64.7 Å². The maximum atomic E-state index is 11.6. The first kappa shape index (κ1) is 19.4. The number of benzene rings is 2. The zero-order valence-electron chi connectivity index (χ0n) is 16.1. The average Bonchev–Trinajstić information content (AvgIpc) is 2.70. The molecule has 0 aromatic heterocycles. The van der Waals surface area contributed by atoms with E-state index in [-0.39, 0.29) is 12.1 Å². The number of hydrogen-bond acceptors (Lipinski definition) is 5. The van der Waals surface area contributed by atoms with Gasteiger partial charge in [-0.05, 0) is 55.2 Å². The lowest BCUT2D eigenvalue weighted by Crippen LogP contribution is -2.44. The summed E-state index contributed by atoms with van der Waals surface area (Å²) in [6, 6.07) is 13.5. The van der Waals surface area contributed by atoms with E-state index in [0.717, 1.165) is 30.6 Å². The predicted molar refractivity (Wildman–Crippen MR) is 104 cm³/mol. The van der Waals surface area contributed by atoms with E-state index in [1.165, 1.54) is 12.7 Å². The van der Waals surface area contributed by atoms with Crippen LogP contribution >= 0.6 is 0 Å². The molecular formula is C22H27NO4. The minimum absolute atomic E-state index is 0.0324. The van der Waals surface area contributed by atoms with Crippen LogP contribution in [0.25, 0.3) is 0 Å². The quantitative estimate of drug-likeness (QED) is 0.818. The van der Waals surface area contributed by atoms with Gasteiger partial charge < -0.3 is 14.6 Å². The molecule has 0 saturated carbocycles. The molecule has 144 valence electrons. The van der Waals surface area contributed by atoms with Gasteiger partial charge >= 0.3 is 5.97 Å². The second-order valence-corrected chi connectivity index (χ2v) is 7.09. The third kappa shape index (κ3) is 4.49. The lowest BCUT2D eigenvalue weighted by Gasteiger charge is -2.37. The molecule has 2 unspecified atom stereocenters. The van der Waals surface area contributed by atoms with Crippen molar-refractivity contribution in [2.24, 2.45) is 0 Å². The number of phenolic OH excluding ortho intramolecular Hbond substituents is 1. The minimum Gasteiger partial charge on any atom is -0.508 e. The van der Waals surface area contributed by atoms with Crippen molar-refractivity contribution in [2.45, 2.75) is 32.4 Å². The molecule has 1 heterocycles. The largest absolute Gasteiger partial charge is 0.508 e. The smallest absolute Gasteiger partial charge is 0.337 e. The van der Waals surface area contributed by atoms with Crippen molar-refractivity contribution < 1.29 is 19.4 Å². The number of ether oxygens (including phenoxy) is 2. The number of phenols is 1. The summed E-state index contributed by atoms with van der Waals surface area (Å²) in [5.41, 5.74) is 3.69. The van der Waals surface area contributed by atoms with Crippen LogP contribution in [0.3, 0.4) is 0 Å². The lowest BCUT2D eigenvalue weighted by atomic mass is 9.99. The fourth-order valence-corrected chi connectivity index (χ4v) is 3.61. The maximum Gasteiger partial charge on any atom is 0.337 e. The molecule has 3 rings (SSSR count). The van der Waals surface area contributed by atoms with Crippen molar-refractivity contribution in [3.8, 4) is 5.75 Å². The van der Waals surface area contributed by atoms with Crippen molar-refractivity contribution in [1.82, 2.24) is 4.90 Å². The van der Waals surface area contributed by atoms with Gasteiger partial charge in [0.05, 0.1) is 25.4 Å². The Morgan fingerprint density at radius 2 is 2.04 bits per heavy atom. The molecule has 5 heteroatoms. The van der Waals surface area contributed by atoms with Gasteiger partial charge in [0.1, 0.15) is 5.75 Å². The van der Waals surface area contributed by atoms with Crippen molar-refractivity contribution >= 4 is 5.97 Å². The predicted octanol–water partition coefficient (Wildman–Crippen LogP) is 3.49. The number of rotatable bonds is 5. The third-order valence-electron chi connectivity index (χ3n) is 5.32. The number of aromatic hydroxyl groups is 1. The summed E-state index contributed by atoms with van der Waals surface area (Å²) >= 11 is 0. The summed E-state index contributed by atoms with van der Waals surface area (Å²) < 4.78 is 10.7. The number of morpholine rings is 1. The Morgan fingerprint density at radius 1 is 1.30 bits per heavy atom. The van der Waals surface area contributed by atoms with Gasteiger partial charge in [0.15, 0.2) is 0 Å². The first-order valence-electron chi connectivity index (χ1n) is 9.31. The highest BCUT2D eigenvalue weighted by atomic mass is 16.5. The fourth-order valence-electron chi connectivity index (χ4n) is 3.61. The molecule has 27 heavy (non-hydrogen) atoms. The summed E-state index contributed by atoms with van der Waals surface area (Å²) in [6.45, 7) is 6.50. The van der Waals surface area contributed by atoms with Crippen LogP contribution in [0.5, 0.6) is 5.75 Å². The number of nitrogens with zero attached hydrogens (tertiary/aromatic N) is 1. The van der Waals surface area contributed by atoms with E-state index in [0.29, 0.717) is 24.0 Å². The third-order valence-corrected chi connectivity index (χ3v) is 5.32. The van der Waals surface area contributed by atoms with E-state index in [9.17, 15) is 9.90 Å². The Labute approximate surface area is 160 Å². The monoisotopic (exact) mass is 369 g/mol. The van der Waals surface area contributed by atoms with Crippen LogP contribution in [0, 0.1) is 6.92 Å². The molecule has 2 aromatic rings. The zero-order valence-corrected chi connectivity index (χ0v) is 16.1. The van der Waals surface area contributed by atoms with Crippen LogP contribution < -0.4 is 0 Å². The summed E-state index contributed by atoms with van der Waals surface area (Å²) in [5, 5.41) is 9.98. The molecule has 1 aliphatic rings. The van der Waals surface area contributed by atoms with Gasteiger partial charge in [-0.3, -0.25) is 4.90 Å². The van der Waals surface area contributed by atoms with Gasteiger partial charge in [0.25, 0.3) is 0 Å². The second kappa shape index (κ2) is 8.55. The average molecular weight is 369 g/mol. The van der Waals surface area contributed by atoms with E-state index in [2.05, 4.69) is 11.8 Å². The van der Waals surface area contributed by atoms with Gasteiger partial charge in [-0.2, -0.15) is 0 Å². The minimum atomic E-state index is -0.313. The van der Waals surface area contributed by atoms with Crippen LogP contribution in [0.15, 0.2) is 42.5 Å². The molecule has 1 fully saturated rings. The number of hydrogen-bond donors (Lipinski definition) is 1. The van der Waals surface area contributed by atoms with Crippen LogP contribution in [-0.4, -0.2) is 48.8 Å². The van der Waals surface area contributed by atoms with Gasteiger partial charge in [-0.25, -0.2) is 4.79 Å². The van der Waals surface area contributed by atoms with Crippen LogP contribution in [0.4, 0.5) is 0 Å². The van der Waals surface area contributed by atoms with Crippen LogP contribution in [0.2, 0.25) is 0 Å². The van der Waals surface area contributed by atoms with E-state index < -0.39 is 0 Å². The second-order valence-electron chi connectivity index (χ2n) is 7.09. The lowest BCUT2D eigenvalue weighted by molar-refractivity contribution is -0.0428. The summed E-state index contributed by atoms with van der Waals surface area (Å²) in [5.74, 6) is -0.000860. The van der Waals surface area contributed by atoms with E-state index in [4.69, 9.17) is 9.47 Å². The maximum absolute atomic E-state index is 11.6. The van der Waals surface area contributed by atoms with Gasteiger partial charge in [0, 0.05) is 19.1 Å². The number of carbonyl (C=O) groups is 1. The van der Waals surface area contributed by atoms with Crippen LogP contribution in [-0.2, 0) is 15.9 Å². The van der Waals surface area contributed by atoms with Gasteiger partial charge in [-0.1, -0.05) is 24.3 Å². The number of carbonyl (C=O) groups excluding carboxylic acids is 1. The molecule has 0 radical (unpaired) electrons. The first-order chi connectivity index (χ1) is 13.0. The number of methoxy groups -OCH3 is 1. The van der Waals surface area contributed by atoms with Crippen molar-refractivity contribution in [1.29, 1.82) is 0 Å². The highest BCUT2D eigenvalue weighted by Crippen LogP contribution is 2.30. The molecule has 0 aliphatic carbocycles. The van der Waals surface area contributed by atoms with Gasteiger partial charge in [0.2, 0.25) is 0 Å². The highest BCUT2D eigenvalue weighted by molar-refractivity contribution is 5.89. The molecule has 5 nitrogen and oxygen atoms in total. The van der Waals surface area contributed by atoms with Crippen molar-refractivity contribution in [3.63, 3.8) is 0 Å². The Balaban J connectivity index is 1.65. The van der Waals surface area contributed by atoms with Crippen molar-refractivity contribution in [2.75, 3.05) is 26.8 Å². The SMILES string of the molecule is COC(=O)c1ccc(CC(C)N2CCOC(c3cccc(O)c3C)C2)cc1. The number of esters is 1. The van der Waals surface area contributed by atoms with E-state index in [1.807, 2.05) is 43.3 Å². The molecular weight excluding hydrogens is 342 g/mol. The molecule has 1 aliphatic heterocycles. The molecule has 1 saturated heterocycles. The van der Waals surface area contributed by atoms with Crippen LogP contribution in [0.1, 0.15) is 40.1 Å². The summed E-state index contributed by atoms with van der Waals surface area (Å²) in [7, 11) is 1.39. The molecule has 2 aromatic carbocycles. The first-order valence-corrected chi connectivity index (χ1v) is 9.31. The Kier molecular flexibility index (Phi) is 6.14. The normalized spacial score (nSPS) is 18.9. The van der Waals surface area contributed by atoms with E-state index in [1.54, 1.807) is 6.07 Å². The molecule has 0 amide bonds. The zero-order chi connectivity index (χ0) is 19.4. The molecule has 2 atom stereocenters. The fraction of sp³-hybridized carbons (Fsp3) is 0.409. The van der Waals surface area contributed by atoms with Gasteiger partial charge in [-0.15, -0.1) is 0 Å². The molecule has 1 N–H and O–H groups in total. The molecule has 0 spiro atoms. The summed E-state index contributed by atoms with van der Waals surface area (Å²) in [4.78, 5) is 14.0. The highest BCUT2D eigenvalue weighted by Gasteiger charge is 2.26. The van der Waals surface area contributed by atoms with E-state index >= 15 is 0 Å². The standard InChI is InChI=1S/C22H27NO4/c1-15(13-17-7-9-18(10-8-17)22(25)26-3)23-11-12-27-21(14-23)19-5-4-6-20(24)16(19)2/h4-10,15,21,24H,11-14H2,1-3H3. The Hall–Kier alpha value is -2.37. The topological polar surface area (TPSA) is 59.0 Å². The molecule has 0 bridgehead atoms. The Morgan fingerprint density at radius 3 is 2.74 bits per heavy atom. The summed E-state index contributed by atoms with van der Waals surface area (Å²) in [6.07, 6.45) is 0.864.